The van der Waals surface area contributed by atoms with Crippen molar-refractivity contribution in [3.63, 3.8) is 0 Å². The van der Waals surface area contributed by atoms with Crippen LogP contribution in [0.5, 0.6) is 0 Å². The number of hydrogen-bond donors (Lipinski definition) is 2. The predicted octanol–water partition coefficient (Wildman–Crippen LogP) is 2.89. The summed E-state index contributed by atoms with van der Waals surface area (Å²) in [6.07, 6.45) is 0. The molecule has 2 aromatic rings. The number of ether oxygens (including phenoxy) is 1. The summed E-state index contributed by atoms with van der Waals surface area (Å²) < 4.78 is 4.89. The molecule has 0 heterocycles. The van der Waals surface area contributed by atoms with Gasteiger partial charge in [0.25, 0.3) is 11.8 Å². The van der Waals surface area contributed by atoms with Gasteiger partial charge in [-0.15, -0.1) is 0 Å². The Morgan fingerprint density at radius 1 is 1.04 bits per heavy atom. The maximum absolute atomic E-state index is 11.9. The molecule has 2 aromatic carbocycles. The van der Waals surface area contributed by atoms with Crippen molar-refractivity contribution in [2.24, 2.45) is 5.73 Å². The SMILES string of the molecule is NC(=O)c1ccccc1NC(=O)COC(=O)c1cc(Cl)ccc1Cl. The predicted molar refractivity (Wildman–Crippen MR) is 90.3 cm³/mol. The normalized spacial score (nSPS) is 10.1. The topological polar surface area (TPSA) is 98.5 Å². The summed E-state index contributed by atoms with van der Waals surface area (Å²) in [7, 11) is 0. The van der Waals surface area contributed by atoms with E-state index in [1.807, 2.05) is 0 Å². The number of halogens is 2. The Balaban J connectivity index is 2.00. The van der Waals surface area contributed by atoms with Gasteiger partial charge in [-0.1, -0.05) is 35.3 Å². The van der Waals surface area contributed by atoms with Crippen molar-refractivity contribution < 1.29 is 19.1 Å². The fourth-order valence-corrected chi connectivity index (χ4v) is 2.22. The maximum atomic E-state index is 11.9. The Morgan fingerprint density at radius 3 is 2.46 bits per heavy atom. The van der Waals surface area contributed by atoms with Crippen LogP contribution in [-0.4, -0.2) is 24.4 Å². The monoisotopic (exact) mass is 366 g/mol. The second-order valence-corrected chi connectivity index (χ2v) is 5.50. The van der Waals surface area contributed by atoms with E-state index < -0.39 is 24.4 Å². The molecule has 0 bridgehead atoms. The van der Waals surface area contributed by atoms with Crippen molar-refractivity contribution in [2.75, 3.05) is 11.9 Å². The molecule has 0 aliphatic rings. The molecule has 2 amide bonds. The summed E-state index contributed by atoms with van der Waals surface area (Å²) in [5.41, 5.74) is 5.64. The van der Waals surface area contributed by atoms with Crippen LogP contribution >= 0.6 is 23.2 Å². The van der Waals surface area contributed by atoms with Crippen LogP contribution in [0.1, 0.15) is 20.7 Å². The number of amides is 2. The number of benzene rings is 2. The van der Waals surface area contributed by atoms with Crippen molar-refractivity contribution >= 4 is 46.7 Å². The smallest absolute Gasteiger partial charge is 0.340 e. The largest absolute Gasteiger partial charge is 0.452 e. The molecule has 0 aliphatic heterocycles. The fourth-order valence-electron chi connectivity index (χ4n) is 1.86. The Bertz CT molecular complexity index is 808. The number of para-hydroxylation sites is 1. The molecule has 0 spiro atoms. The van der Waals surface area contributed by atoms with Crippen molar-refractivity contribution in [3.05, 3.63) is 63.6 Å². The number of nitrogens with two attached hydrogens (primary N) is 1. The second kappa shape index (κ2) is 7.81. The molecule has 24 heavy (non-hydrogen) atoms. The second-order valence-electron chi connectivity index (χ2n) is 4.66. The zero-order valence-electron chi connectivity index (χ0n) is 12.2. The van der Waals surface area contributed by atoms with E-state index in [4.69, 9.17) is 33.7 Å². The lowest BCUT2D eigenvalue weighted by molar-refractivity contribution is -0.119. The van der Waals surface area contributed by atoms with Crippen LogP contribution in [0.15, 0.2) is 42.5 Å². The third-order valence-corrected chi connectivity index (χ3v) is 3.51. The number of nitrogens with one attached hydrogen (secondary N) is 1. The van der Waals surface area contributed by atoms with Gasteiger partial charge in [-0.3, -0.25) is 9.59 Å². The number of rotatable bonds is 5. The van der Waals surface area contributed by atoms with Gasteiger partial charge in [-0.2, -0.15) is 0 Å². The highest BCUT2D eigenvalue weighted by Crippen LogP contribution is 2.21. The Kier molecular flexibility index (Phi) is 5.78. The lowest BCUT2D eigenvalue weighted by atomic mass is 10.1. The minimum atomic E-state index is -0.791. The summed E-state index contributed by atoms with van der Waals surface area (Å²) in [4.78, 5) is 35.1. The minimum Gasteiger partial charge on any atom is -0.452 e. The van der Waals surface area contributed by atoms with E-state index in [9.17, 15) is 14.4 Å². The average molecular weight is 367 g/mol. The quantitative estimate of drug-likeness (QED) is 0.794. The van der Waals surface area contributed by atoms with Gasteiger partial charge in [0.1, 0.15) is 0 Å². The van der Waals surface area contributed by atoms with E-state index >= 15 is 0 Å². The molecule has 0 atom stereocenters. The van der Waals surface area contributed by atoms with Gasteiger partial charge in [0.05, 0.1) is 21.8 Å². The molecule has 0 aromatic heterocycles. The van der Waals surface area contributed by atoms with Crippen LogP contribution in [0.25, 0.3) is 0 Å². The number of hydrogen-bond acceptors (Lipinski definition) is 4. The van der Waals surface area contributed by atoms with Gasteiger partial charge in [-0.05, 0) is 30.3 Å². The number of anilines is 1. The van der Waals surface area contributed by atoms with Crippen LogP contribution in [0.4, 0.5) is 5.69 Å². The van der Waals surface area contributed by atoms with Gasteiger partial charge in [-0.25, -0.2) is 4.79 Å². The molecule has 6 nitrogen and oxygen atoms in total. The molecule has 0 fully saturated rings. The first-order valence-electron chi connectivity index (χ1n) is 6.69. The lowest BCUT2D eigenvalue weighted by Crippen LogP contribution is -2.23. The van der Waals surface area contributed by atoms with Gasteiger partial charge in [0.2, 0.25) is 0 Å². The van der Waals surface area contributed by atoms with E-state index in [-0.39, 0.29) is 21.8 Å². The zero-order chi connectivity index (χ0) is 17.7. The number of carbonyl (C=O) groups is 3. The van der Waals surface area contributed by atoms with E-state index in [1.54, 1.807) is 12.1 Å². The first kappa shape index (κ1) is 17.8. The van der Waals surface area contributed by atoms with Gasteiger partial charge < -0.3 is 15.8 Å². The van der Waals surface area contributed by atoms with Gasteiger partial charge >= 0.3 is 5.97 Å². The van der Waals surface area contributed by atoms with E-state index in [0.717, 1.165) is 0 Å². The highest BCUT2D eigenvalue weighted by Gasteiger charge is 2.15. The summed E-state index contributed by atoms with van der Waals surface area (Å²) in [6.45, 7) is -0.561. The molecule has 0 saturated heterocycles. The fraction of sp³-hybridized carbons (Fsp3) is 0.0625. The molecule has 124 valence electrons. The van der Waals surface area contributed by atoms with Crippen molar-refractivity contribution in [1.29, 1.82) is 0 Å². The molecule has 0 aliphatic carbocycles. The molecule has 0 saturated carbocycles. The third-order valence-electron chi connectivity index (χ3n) is 2.95. The highest BCUT2D eigenvalue weighted by atomic mass is 35.5. The third kappa shape index (κ3) is 4.47. The average Bonchev–Trinajstić information content (AvgIpc) is 2.55. The first-order chi connectivity index (χ1) is 11.4. The van der Waals surface area contributed by atoms with E-state index in [1.165, 1.54) is 30.3 Å². The molecule has 0 radical (unpaired) electrons. The van der Waals surface area contributed by atoms with Gasteiger partial charge in [0, 0.05) is 5.02 Å². The van der Waals surface area contributed by atoms with Gasteiger partial charge in [0.15, 0.2) is 6.61 Å². The molecule has 0 unspecified atom stereocenters. The Morgan fingerprint density at radius 2 is 1.75 bits per heavy atom. The summed E-state index contributed by atoms with van der Waals surface area (Å²) in [5, 5.41) is 2.92. The number of esters is 1. The van der Waals surface area contributed by atoms with Crippen LogP contribution in [-0.2, 0) is 9.53 Å². The van der Waals surface area contributed by atoms with E-state index in [0.29, 0.717) is 5.02 Å². The summed E-state index contributed by atoms with van der Waals surface area (Å²) in [6, 6.07) is 10.5. The van der Waals surface area contributed by atoms with Crippen LogP contribution < -0.4 is 11.1 Å². The summed E-state index contributed by atoms with van der Waals surface area (Å²) >= 11 is 11.7. The molecule has 2 rings (SSSR count). The molecular formula is C16H12Cl2N2O4. The van der Waals surface area contributed by atoms with Crippen molar-refractivity contribution in [2.45, 2.75) is 0 Å². The molecule has 8 heteroatoms. The maximum Gasteiger partial charge on any atom is 0.340 e. The zero-order valence-corrected chi connectivity index (χ0v) is 13.7. The number of primary amides is 1. The molecular weight excluding hydrogens is 355 g/mol. The standard InChI is InChI=1S/C16H12Cl2N2O4/c17-9-5-6-12(18)11(7-9)16(23)24-8-14(21)20-13-4-2-1-3-10(13)15(19)22/h1-7H,8H2,(H2,19,22)(H,20,21). The minimum absolute atomic E-state index is 0.0505. The van der Waals surface area contributed by atoms with Crippen LogP contribution in [0.3, 0.4) is 0 Å². The van der Waals surface area contributed by atoms with Crippen LogP contribution in [0, 0.1) is 0 Å². The Labute approximate surface area is 147 Å². The highest BCUT2D eigenvalue weighted by molar-refractivity contribution is 6.35. The lowest BCUT2D eigenvalue weighted by Gasteiger charge is -2.10. The van der Waals surface area contributed by atoms with Crippen molar-refractivity contribution in [3.8, 4) is 0 Å². The molecule has 3 N–H and O–H groups in total. The van der Waals surface area contributed by atoms with Crippen molar-refractivity contribution in [1.82, 2.24) is 0 Å². The van der Waals surface area contributed by atoms with E-state index in [2.05, 4.69) is 5.32 Å². The number of carbonyl (C=O) groups excluding carboxylic acids is 3. The first-order valence-corrected chi connectivity index (χ1v) is 7.45. The summed E-state index contributed by atoms with van der Waals surface area (Å²) in [5.74, 6) is -2.11. The Hall–Kier alpha value is -2.57. The van der Waals surface area contributed by atoms with Crippen LogP contribution in [0.2, 0.25) is 10.0 Å².